The monoisotopic (exact) mass is 436 g/mol. The summed E-state index contributed by atoms with van der Waals surface area (Å²) in [7, 11) is 0. The summed E-state index contributed by atoms with van der Waals surface area (Å²) < 4.78 is 0. The number of hydrogen-bond donors (Lipinski definition) is 5. The molecule has 0 radical (unpaired) electrons. The SMILES string of the molecule is NC(=O)C1=C(O)CC2CC3Cc4c(C5=CCNCC5)ccc(O)c4C(=O)C3=C(O)C2C1=O. The number of amides is 1. The Hall–Kier alpha value is -3.39. The number of rotatable bonds is 2. The standard InChI is InChI=1S/C24H24N2O6/c25-24(32)20-16(28)9-12-7-11-8-14-13(10-3-5-26-6-4-10)1-2-15(27)19(14)22(30)17(11)21(29)18(12)23(20)31/h1-3,11-12,18,26-29H,4-9H2,(H2,25,32). The zero-order valence-corrected chi connectivity index (χ0v) is 17.4. The second-order valence-electron chi connectivity index (χ2n) is 8.93. The molecule has 1 heterocycles. The van der Waals surface area contributed by atoms with Gasteiger partial charge in [-0.3, -0.25) is 14.4 Å². The van der Waals surface area contributed by atoms with E-state index in [1.54, 1.807) is 0 Å². The van der Waals surface area contributed by atoms with Crippen LogP contribution in [0.5, 0.6) is 5.75 Å². The molecule has 3 aliphatic carbocycles. The molecular weight excluding hydrogens is 412 g/mol. The molecule has 1 aromatic carbocycles. The van der Waals surface area contributed by atoms with Crippen LogP contribution < -0.4 is 11.1 Å². The van der Waals surface area contributed by atoms with Gasteiger partial charge in [-0.1, -0.05) is 12.1 Å². The molecule has 8 nitrogen and oxygen atoms in total. The smallest absolute Gasteiger partial charge is 0.255 e. The van der Waals surface area contributed by atoms with E-state index in [0.29, 0.717) is 12.8 Å². The number of hydrogen-bond acceptors (Lipinski definition) is 7. The number of Topliss-reactive ketones (excluding diaryl/α,β-unsaturated/α-hetero) is 2. The highest BCUT2D eigenvalue weighted by atomic mass is 16.3. The van der Waals surface area contributed by atoms with Crippen molar-refractivity contribution in [3.63, 3.8) is 0 Å². The van der Waals surface area contributed by atoms with Crippen molar-refractivity contribution in [2.75, 3.05) is 13.1 Å². The van der Waals surface area contributed by atoms with Crippen LogP contribution in [0.15, 0.2) is 40.9 Å². The van der Waals surface area contributed by atoms with Crippen LogP contribution in [0.25, 0.3) is 5.57 Å². The molecule has 32 heavy (non-hydrogen) atoms. The fourth-order valence-electron chi connectivity index (χ4n) is 5.81. The zero-order valence-electron chi connectivity index (χ0n) is 17.4. The predicted molar refractivity (Wildman–Crippen MR) is 115 cm³/mol. The number of nitrogens with one attached hydrogen (secondary N) is 1. The van der Waals surface area contributed by atoms with Crippen LogP contribution in [-0.4, -0.2) is 45.9 Å². The van der Waals surface area contributed by atoms with E-state index in [1.807, 2.05) is 6.07 Å². The molecule has 1 amide bonds. The molecule has 8 heteroatoms. The van der Waals surface area contributed by atoms with Gasteiger partial charge in [0.05, 0.1) is 11.5 Å². The lowest BCUT2D eigenvalue weighted by atomic mass is 9.62. The van der Waals surface area contributed by atoms with Gasteiger partial charge in [-0.2, -0.15) is 0 Å². The third-order valence-electron chi connectivity index (χ3n) is 7.18. The maximum atomic E-state index is 13.5. The molecule has 0 aromatic heterocycles. The third-order valence-corrected chi connectivity index (χ3v) is 7.18. The van der Waals surface area contributed by atoms with Crippen LogP contribution in [0.4, 0.5) is 0 Å². The normalized spacial score (nSPS) is 27.5. The van der Waals surface area contributed by atoms with Crippen molar-refractivity contribution >= 4 is 23.0 Å². The Morgan fingerprint density at radius 1 is 1.12 bits per heavy atom. The number of nitrogens with two attached hydrogens (primary N) is 1. The van der Waals surface area contributed by atoms with Crippen LogP contribution in [-0.2, 0) is 16.0 Å². The minimum Gasteiger partial charge on any atom is -0.511 e. The number of aliphatic hydroxyl groups is 2. The van der Waals surface area contributed by atoms with E-state index in [1.165, 1.54) is 6.07 Å². The summed E-state index contributed by atoms with van der Waals surface area (Å²) in [6.07, 6.45) is 3.74. The molecule has 1 aliphatic heterocycles. The van der Waals surface area contributed by atoms with Crippen LogP contribution in [0, 0.1) is 17.8 Å². The average Bonchev–Trinajstić information content (AvgIpc) is 2.73. The molecule has 0 fully saturated rings. The van der Waals surface area contributed by atoms with Gasteiger partial charge in [0.1, 0.15) is 22.8 Å². The number of phenols is 1. The largest absolute Gasteiger partial charge is 0.511 e. The quantitative estimate of drug-likeness (QED) is 0.444. The summed E-state index contributed by atoms with van der Waals surface area (Å²) in [6.45, 7) is 1.55. The molecule has 1 aromatic rings. The van der Waals surface area contributed by atoms with E-state index in [4.69, 9.17) is 5.73 Å². The number of allylic oxidation sites excluding steroid dienone is 3. The second kappa shape index (κ2) is 7.34. The average molecular weight is 436 g/mol. The molecule has 0 spiro atoms. The number of carbonyl (C=O) groups excluding carboxylic acids is 3. The highest BCUT2D eigenvalue weighted by Gasteiger charge is 2.50. The lowest BCUT2D eigenvalue weighted by molar-refractivity contribution is -0.126. The van der Waals surface area contributed by atoms with Gasteiger partial charge in [0, 0.05) is 18.5 Å². The molecule has 0 bridgehead atoms. The van der Waals surface area contributed by atoms with E-state index in [2.05, 4.69) is 11.4 Å². The number of carbonyl (C=O) groups is 3. The van der Waals surface area contributed by atoms with Gasteiger partial charge in [0.15, 0.2) is 11.6 Å². The highest BCUT2D eigenvalue weighted by molar-refractivity contribution is 6.22. The molecule has 166 valence electrons. The van der Waals surface area contributed by atoms with E-state index in [-0.39, 0.29) is 40.7 Å². The Kier molecular flexibility index (Phi) is 4.70. The van der Waals surface area contributed by atoms with Gasteiger partial charge in [-0.25, -0.2) is 0 Å². The number of aromatic hydroxyl groups is 1. The van der Waals surface area contributed by atoms with Gasteiger partial charge in [-0.15, -0.1) is 0 Å². The van der Waals surface area contributed by atoms with Crippen LogP contribution in [0.1, 0.15) is 40.7 Å². The number of ketones is 2. The van der Waals surface area contributed by atoms with Crippen molar-refractivity contribution in [2.24, 2.45) is 23.5 Å². The van der Waals surface area contributed by atoms with E-state index in [9.17, 15) is 29.7 Å². The summed E-state index contributed by atoms with van der Waals surface area (Å²) in [5.74, 6) is -5.08. The molecule has 0 saturated carbocycles. The van der Waals surface area contributed by atoms with Gasteiger partial charge < -0.3 is 26.4 Å². The van der Waals surface area contributed by atoms with Crippen molar-refractivity contribution < 1.29 is 29.7 Å². The first-order valence-corrected chi connectivity index (χ1v) is 10.8. The summed E-state index contributed by atoms with van der Waals surface area (Å²) in [5, 5.41) is 35.1. The van der Waals surface area contributed by atoms with Gasteiger partial charge >= 0.3 is 0 Å². The van der Waals surface area contributed by atoms with Crippen molar-refractivity contribution in [3.8, 4) is 5.75 Å². The fourth-order valence-corrected chi connectivity index (χ4v) is 5.81. The van der Waals surface area contributed by atoms with Crippen molar-refractivity contribution in [1.29, 1.82) is 0 Å². The van der Waals surface area contributed by atoms with Crippen molar-refractivity contribution in [1.82, 2.24) is 5.32 Å². The number of benzene rings is 1. The highest BCUT2D eigenvalue weighted by Crippen LogP contribution is 2.50. The molecule has 3 unspecified atom stereocenters. The predicted octanol–water partition coefficient (Wildman–Crippen LogP) is 1.84. The Morgan fingerprint density at radius 2 is 1.91 bits per heavy atom. The Bertz CT molecular complexity index is 1180. The lowest BCUT2D eigenvalue weighted by Gasteiger charge is -2.41. The molecule has 0 saturated heterocycles. The van der Waals surface area contributed by atoms with Gasteiger partial charge in [-0.05, 0) is 60.4 Å². The minimum atomic E-state index is -1.09. The maximum Gasteiger partial charge on any atom is 0.255 e. The number of fused-ring (bicyclic) bond motifs is 3. The molecular formula is C24H24N2O6. The van der Waals surface area contributed by atoms with Crippen LogP contribution in [0.3, 0.4) is 0 Å². The summed E-state index contributed by atoms with van der Waals surface area (Å²) >= 11 is 0. The molecule has 5 rings (SSSR count). The van der Waals surface area contributed by atoms with Crippen molar-refractivity contribution in [2.45, 2.75) is 25.7 Å². The van der Waals surface area contributed by atoms with Crippen LogP contribution >= 0.6 is 0 Å². The van der Waals surface area contributed by atoms with Crippen molar-refractivity contribution in [3.05, 3.63) is 57.6 Å². The lowest BCUT2D eigenvalue weighted by Crippen LogP contribution is -2.43. The van der Waals surface area contributed by atoms with Gasteiger partial charge in [0.2, 0.25) is 0 Å². The topological polar surface area (TPSA) is 150 Å². The zero-order chi connectivity index (χ0) is 22.7. The van der Waals surface area contributed by atoms with Crippen LogP contribution in [0.2, 0.25) is 0 Å². The Morgan fingerprint density at radius 3 is 2.59 bits per heavy atom. The summed E-state index contributed by atoms with van der Waals surface area (Å²) in [4.78, 5) is 38.1. The number of primary amides is 1. The Labute approximate surface area is 184 Å². The Balaban J connectivity index is 1.63. The first-order chi connectivity index (χ1) is 15.3. The number of aliphatic hydroxyl groups excluding tert-OH is 2. The minimum absolute atomic E-state index is 0.0350. The maximum absolute atomic E-state index is 13.5. The summed E-state index contributed by atoms with van der Waals surface area (Å²) in [5.41, 5.74) is 7.81. The molecule has 3 atom stereocenters. The van der Waals surface area contributed by atoms with E-state index >= 15 is 0 Å². The van der Waals surface area contributed by atoms with E-state index in [0.717, 1.165) is 36.2 Å². The molecule has 6 N–H and O–H groups in total. The first-order valence-electron chi connectivity index (χ1n) is 10.8. The second-order valence-corrected chi connectivity index (χ2v) is 8.93. The third kappa shape index (κ3) is 2.90. The number of phenolic OH excluding ortho intramolecular Hbond substituents is 1. The first kappa shape index (κ1) is 20.5. The molecule has 4 aliphatic rings. The summed E-state index contributed by atoms with van der Waals surface area (Å²) in [6, 6.07) is 3.33. The van der Waals surface area contributed by atoms with E-state index < -0.39 is 34.9 Å². The fraction of sp³-hybridized carbons (Fsp3) is 0.375. The van der Waals surface area contributed by atoms with Gasteiger partial charge in [0.25, 0.3) is 5.91 Å².